The van der Waals surface area contributed by atoms with E-state index in [1.54, 1.807) is 11.3 Å². The Balaban J connectivity index is 2.99. The molecular formula is C14H24OS. The summed E-state index contributed by atoms with van der Waals surface area (Å²) in [6.45, 7) is 10.8. The highest BCUT2D eigenvalue weighted by Crippen LogP contribution is 2.39. The average molecular weight is 240 g/mol. The van der Waals surface area contributed by atoms with Crippen molar-refractivity contribution in [2.45, 2.75) is 53.1 Å². The predicted molar refractivity (Wildman–Crippen MR) is 71.9 cm³/mol. The third kappa shape index (κ3) is 3.33. The molecule has 0 spiro atoms. The third-order valence-electron chi connectivity index (χ3n) is 2.78. The van der Waals surface area contributed by atoms with Crippen molar-refractivity contribution in [2.24, 2.45) is 11.8 Å². The van der Waals surface area contributed by atoms with Gasteiger partial charge in [0.15, 0.2) is 0 Å². The summed E-state index contributed by atoms with van der Waals surface area (Å²) in [7, 11) is 0. The number of hydrogen-bond donors (Lipinski definition) is 1. The summed E-state index contributed by atoms with van der Waals surface area (Å²) in [6, 6.07) is 2.10. The maximum absolute atomic E-state index is 10.9. The molecule has 0 aromatic carbocycles. The lowest BCUT2D eigenvalue weighted by Gasteiger charge is -2.31. The van der Waals surface area contributed by atoms with E-state index >= 15 is 0 Å². The molecule has 16 heavy (non-hydrogen) atoms. The van der Waals surface area contributed by atoms with Crippen LogP contribution in [0.2, 0.25) is 0 Å². The van der Waals surface area contributed by atoms with Crippen molar-refractivity contribution in [3.8, 4) is 0 Å². The van der Waals surface area contributed by atoms with Crippen LogP contribution < -0.4 is 0 Å². The van der Waals surface area contributed by atoms with Crippen LogP contribution in [0.15, 0.2) is 11.4 Å². The van der Waals surface area contributed by atoms with Gasteiger partial charge in [0.05, 0.1) is 5.60 Å². The highest BCUT2D eigenvalue weighted by Gasteiger charge is 2.33. The molecule has 1 rings (SSSR count). The summed E-state index contributed by atoms with van der Waals surface area (Å²) in [5.41, 5.74) is 0.606. The van der Waals surface area contributed by atoms with Crippen molar-refractivity contribution in [1.29, 1.82) is 0 Å². The summed E-state index contributed by atoms with van der Waals surface area (Å²) in [6.07, 6.45) is 1.71. The maximum atomic E-state index is 10.9. The third-order valence-corrected chi connectivity index (χ3v) is 3.99. The summed E-state index contributed by atoms with van der Waals surface area (Å²) < 4.78 is 0. The zero-order valence-corrected chi connectivity index (χ0v) is 11.9. The molecule has 0 bridgehead atoms. The molecule has 0 saturated carbocycles. The molecule has 0 fully saturated rings. The van der Waals surface area contributed by atoms with Gasteiger partial charge in [-0.15, -0.1) is 11.3 Å². The molecule has 1 aromatic rings. The first-order valence-corrected chi connectivity index (χ1v) is 7.00. The number of aryl methyl sites for hydroxylation is 1. The van der Waals surface area contributed by atoms with Gasteiger partial charge in [0, 0.05) is 4.88 Å². The van der Waals surface area contributed by atoms with Crippen molar-refractivity contribution in [1.82, 2.24) is 0 Å². The van der Waals surface area contributed by atoms with Crippen LogP contribution in [0.1, 0.15) is 51.0 Å². The van der Waals surface area contributed by atoms with E-state index in [0.29, 0.717) is 11.8 Å². The van der Waals surface area contributed by atoms with E-state index in [1.807, 2.05) is 0 Å². The lowest BCUT2D eigenvalue weighted by molar-refractivity contribution is -0.00156. The molecule has 1 heterocycles. The largest absolute Gasteiger partial charge is 0.384 e. The van der Waals surface area contributed by atoms with Crippen LogP contribution in [-0.2, 0) is 5.60 Å². The Bertz CT molecular complexity index is 315. The summed E-state index contributed by atoms with van der Waals surface area (Å²) in [4.78, 5) is 1.16. The number of thiophene rings is 1. The number of hydrogen-bond acceptors (Lipinski definition) is 2. The minimum Gasteiger partial charge on any atom is -0.384 e. The molecule has 0 unspecified atom stereocenters. The Morgan fingerprint density at radius 3 is 2.00 bits per heavy atom. The van der Waals surface area contributed by atoms with Gasteiger partial charge in [-0.25, -0.2) is 0 Å². The molecule has 0 aliphatic heterocycles. The van der Waals surface area contributed by atoms with E-state index in [2.05, 4.69) is 46.1 Å². The molecular weight excluding hydrogens is 216 g/mol. The Kier molecular flexibility index (Phi) is 4.57. The molecule has 0 aliphatic carbocycles. The van der Waals surface area contributed by atoms with Crippen LogP contribution in [0.4, 0.5) is 0 Å². The van der Waals surface area contributed by atoms with Gasteiger partial charge in [0.1, 0.15) is 0 Å². The molecule has 2 heteroatoms. The number of rotatable bonds is 5. The predicted octanol–water partition coefficient (Wildman–Crippen LogP) is 4.34. The van der Waals surface area contributed by atoms with Crippen molar-refractivity contribution < 1.29 is 5.11 Å². The molecule has 0 aliphatic rings. The van der Waals surface area contributed by atoms with Crippen molar-refractivity contribution in [3.05, 3.63) is 21.9 Å². The van der Waals surface area contributed by atoms with Gasteiger partial charge in [-0.2, -0.15) is 0 Å². The second-order valence-corrected chi connectivity index (χ2v) is 6.58. The molecule has 0 saturated heterocycles. The van der Waals surface area contributed by atoms with Crippen molar-refractivity contribution >= 4 is 11.3 Å². The van der Waals surface area contributed by atoms with Gasteiger partial charge in [0.2, 0.25) is 0 Å². The van der Waals surface area contributed by atoms with Gasteiger partial charge in [-0.3, -0.25) is 0 Å². The standard InChI is InChI=1S/C14H24OS/c1-10(2)8-14(15,9-11(3)4)13-12(5)6-7-16-13/h6-7,10-11,15H,8-9H2,1-5H3. The topological polar surface area (TPSA) is 20.2 Å². The molecule has 0 amide bonds. The van der Waals surface area contributed by atoms with Crippen LogP contribution in [0.25, 0.3) is 0 Å². The van der Waals surface area contributed by atoms with Crippen LogP contribution in [-0.4, -0.2) is 5.11 Å². The minimum atomic E-state index is -0.624. The smallest absolute Gasteiger partial charge is 0.0995 e. The van der Waals surface area contributed by atoms with E-state index in [1.165, 1.54) is 5.56 Å². The van der Waals surface area contributed by atoms with Crippen LogP contribution >= 0.6 is 11.3 Å². The van der Waals surface area contributed by atoms with Crippen molar-refractivity contribution in [2.75, 3.05) is 0 Å². The lowest BCUT2D eigenvalue weighted by atomic mass is 9.83. The quantitative estimate of drug-likeness (QED) is 0.812. The summed E-state index contributed by atoms with van der Waals surface area (Å²) >= 11 is 1.69. The SMILES string of the molecule is Cc1ccsc1C(O)(CC(C)C)CC(C)C. The first-order chi connectivity index (χ1) is 7.35. The Morgan fingerprint density at radius 1 is 1.19 bits per heavy atom. The van der Waals surface area contributed by atoms with E-state index < -0.39 is 5.60 Å². The first kappa shape index (κ1) is 13.7. The molecule has 1 nitrogen and oxygen atoms in total. The average Bonchev–Trinajstić information content (AvgIpc) is 2.48. The Hall–Kier alpha value is -0.340. The second kappa shape index (κ2) is 5.33. The monoisotopic (exact) mass is 240 g/mol. The zero-order valence-electron chi connectivity index (χ0n) is 11.1. The van der Waals surface area contributed by atoms with Gasteiger partial charge in [-0.05, 0) is 48.6 Å². The van der Waals surface area contributed by atoms with Crippen molar-refractivity contribution in [3.63, 3.8) is 0 Å². The van der Waals surface area contributed by atoms with Gasteiger partial charge < -0.3 is 5.11 Å². The number of aliphatic hydroxyl groups is 1. The molecule has 92 valence electrons. The summed E-state index contributed by atoms with van der Waals surface area (Å²) in [5.74, 6) is 1.04. The van der Waals surface area contributed by atoms with Gasteiger partial charge >= 0.3 is 0 Å². The van der Waals surface area contributed by atoms with Crippen LogP contribution in [0.3, 0.4) is 0 Å². The highest BCUT2D eigenvalue weighted by atomic mass is 32.1. The second-order valence-electron chi connectivity index (χ2n) is 5.66. The van der Waals surface area contributed by atoms with Crippen LogP contribution in [0, 0.1) is 18.8 Å². The Labute approximate surface area is 104 Å². The van der Waals surface area contributed by atoms with E-state index in [9.17, 15) is 5.11 Å². The molecule has 0 radical (unpaired) electrons. The van der Waals surface area contributed by atoms with Crippen LogP contribution in [0.5, 0.6) is 0 Å². The fraction of sp³-hybridized carbons (Fsp3) is 0.714. The Morgan fingerprint density at radius 2 is 1.69 bits per heavy atom. The first-order valence-electron chi connectivity index (χ1n) is 6.12. The van der Waals surface area contributed by atoms with Gasteiger partial charge in [0.25, 0.3) is 0 Å². The van der Waals surface area contributed by atoms with Gasteiger partial charge in [-0.1, -0.05) is 27.7 Å². The maximum Gasteiger partial charge on any atom is 0.0995 e. The van der Waals surface area contributed by atoms with E-state index in [-0.39, 0.29) is 0 Å². The lowest BCUT2D eigenvalue weighted by Crippen LogP contribution is -2.29. The molecule has 1 aromatic heterocycles. The fourth-order valence-electron chi connectivity index (χ4n) is 2.47. The zero-order chi connectivity index (χ0) is 12.3. The molecule has 0 atom stereocenters. The van der Waals surface area contributed by atoms with E-state index in [4.69, 9.17) is 0 Å². The highest BCUT2D eigenvalue weighted by molar-refractivity contribution is 7.10. The van der Waals surface area contributed by atoms with E-state index in [0.717, 1.165) is 17.7 Å². The molecule has 1 N–H and O–H groups in total. The normalized spacial score (nSPS) is 12.8. The minimum absolute atomic E-state index is 0.519. The summed E-state index contributed by atoms with van der Waals surface area (Å²) in [5, 5.41) is 13.0. The fourth-order valence-corrected chi connectivity index (χ4v) is 3.52.